The molecule has 2 N–H and O–H groups in total. The van der Waals surface area contributed by atoms with Crippen LogP contribution in [0, 0.1) is 5.82 Å². The lowest BCUT2D eigenvalue weighted by Gasteiger charge is -2.31. The molecule has 3 aromatic carbocycles. The third-order valence-electron chi connectivity index (χ3n) is 5.13. The molecule has 1 amide bonds. The summed E-state index contributed by atoms with van der Waals surface area (Å²) in [7, 11) is -4.58. The lowest BCUT2D eigenvalue weighted by atomic mass is 10.0. The molecule has 4 rings (SSSR count). The first-order valence-electron chi connectivity index (χ1n) is 10.4. The Hall–Kier alpha value is -4.39. The molecule has 8 nitrogen and oxygen atoms in total. The molecule has 0 radical (unpaired) electrons. The van der Waals surface area contributed by atoms with E-state index in [0.29, 0.717) is 4.31 Å². The van der Waals surface area contributed by atoms with Crippen LogP contribution in [0.25, 0.3) is 5.76 Å². The fourth-order valence-corrected chi connectivity index (χ4v) is 5.25. The van der Waals surface area contributed by atoms with Crippen molar-refractivity contribution in [3.63, 3.8) is 0 Å². The van der Waals surface area contributed by atoms with E-state index in [-0.39, 0.29) is 16.8 Å². The van der Waals surface area contributed by atoms with Gasteiger partial charge in [0.2, 0.25) is 11.7 Å². The van der Waals surface area contributed by atoms with Crippen molar-refractivity contribution in [1.82, 2.24) is 4.31 Å². The van der Waals surface area contributed by atoms with Crippen LogP contribution in [-0.4, -0.2) is 42.4 Å². The second kappa shape index (κ2) is 9.58. The van der Waals surface area contributed by atoms with Gasteiger partial charge >= 0.3 is 6.36 Å². The number of hydrogen-bond acceptors (Lipinski definition) is 6. The minimum Gasteiger partial charge on any atom is -0.505 e. The van der Waals surface area contributed by atoms with Crippen molar-refractivity contribution in [3.8, 4) is 5.75 Å². The molecule has 1 aliphatic rings. The van der Waals surface area contributed by atoms with Crippen LogP contribution in [0.3, 0.4) is 0 Å². The SMILES string of the molecule is O=C(CN1C(=C(O)c2cccc(F)c2)C(=O)c2ccccc2S1(=O)=O)Nc1cccc(OC(F)(F)F)c1. The molecule has 0 unspecified atom stereocenters. The van der Waals surface area contributed by atoms with Gasteiger partial charge in [-0.1, -0.05) is 30.3 Å². The van der Waals surface area contributed by atoms with Gasteiger partial charge in [-0.05, 0) is 36.4 Å². The number of carbonyl (C=O) groups excluding carboxylic acids is 2. The summed E-state index contributed by atoms with van der Waals surface area (Å²) in [6.45, 7) is -1.04. The number of ether oxygens (including phenoxy) is 1. The van der Waals surface area contributed by atoms with E-state index in [1.54, 1.807) is 0 Å². The molecule has 0 aromatic heterocycles. The molecule has 13 heteroatoms. The highest BCUT2D eigenvalue weighted by Gasteiger charge is 2.42. The van der Waals surface area contributed by atoms with Crippen LogP contribution < -0.4 is 10.1 Å². The van der Waals surface area contributed by atoms with Crippen LogP contribution >= 0.6 is 0 Å². The Morgan fingerprint density at radius 2 is 1.70 bits per heavy atom. The third kappa shape index (κ3) is 5.40. The Morgan fingerprint density at radius 3 is 2.41 bits per heavy atom. The van der Waals surface area contributed by atoms with E-state index >= 15 is 0 Å². The number of carbonyl (C=O) groups is 2. The predicted molar refractivity (Wildman–Crippen MR) is 122 cm³/mol. The van der Waals surface area contributed by atoms with Crippen LogP contribution in [0.15, 0.2) is 83.4 Å². The summed E-state index contributed by atoms with van der Waals surface area (Å²) < 4.78 is 82.2. The van der Waals surface area contributed by atoms with Crippen molar-refractivity contribution in [2.45, 2.75) is 11.3 Å². The number of benzene rings is 3. The van der Waals surface area contributed by atoms with Gasteiger partial charge in [-0.2, -0.15) is 0 Å². The molecule has 192 valence electrons. The fraction of sp³-hybridized carbons (Fsp3) is 0.0833. The molecular formula is C24H16F4N2O6S. The van der Waals surface area contributed by atoms with E-state index in [2.05, 4.69) is 10.1 Å². The highest BCUT2D eigenvalue weighted by atomic mass is 32.2. The summed E-state index contributed by atoms with van der Waals surface area (Å²) in [5, 5.41) is 13.1. The number of alkyl halides is 3. The molecule has 0 aliphatic carbocycles. The number of halogens is 4. The molecule has 37 heavy (non-hydrogen) atoms. The number of fused-ring (bicyclic) bond motifs is 1. The first-order chi connectivity index (χ1) is 17.4. The van der Waals surface area contributed by atoms with Crippen molar-refractivity contribution in [2.75, 3.05) is 11.9 Å². The first-order valence-corrected chi connectivity index (χ1v) is 11.8. The van der Waals surface area contributed by atoms with Crippen molar-refractivity contribution >= 4 is 33.2 Å². The standard InChI is InChI=1S/C24H16F4N2O6S/c25-15-6-3-5-14(11-15)22(32)21-23(33)18-9-1-2-10-19(18)37(34,35)30(21)13-20(31)29-16-7-4-8-17(12-16)36-24(26,27)28/h1-12,32H,13H2,(H,29,31). The molecule has 0 spiro atoms. The van der Waals surface area contributed by atoms with Crippen molar-refractivity contribution < 1.29 is 45.4 Å². The van der Waals surface area contributed by atoms with Gasteiger partial charge in [-0.15, -0.1) is 13.2 Å². The predicted octanol–water partition coefficient (Wildman–Crippen LogP) is 4.48. The van der Waals surface area contributed by atoms with Crippen molar-refractivity contribution in [2.24, 2.45) is 0 Å². The summed E-state index contributed by atoms with van der Waals surface area (Å²) >= 11 is 0. The maximum absolute atomic E-state index is 13.8. The first kappa shape index (κ1) is 25.7. The number of rotatable bonds is 5. The Labute approximate surface area is 207 Å². The largest absolute Gasteiger partial charge is 0.573 e. The van der Waals surface area contributed by atoms with E-state index in [1.807, 2.05) is 0 Å². The Balaban J connectivity index is 1.74. The number of aliphatic hydroxyl groups excluding tert-OH is 1. The average molecular weight is 536 g/mol. The fourth-order valence-electron chi connectivity index (χ4n) is 3.62. The van der Waals surface area contributed by atoms with Crippen molar-refractivity contribution in [3.05, 3.63) is 95.4 Å². The molecule has 0 atom stereocenters. The number of aliphatic hydroxyl groups is 1. The monoisotopic (exact) mass is 536 g/mol. The van der Waals surface area contributed by atoms with Gasteiger partial charge in [-0.3, -0.25) is 9.59 Å². The van der Waals surface area contributed by atoms with E-state index < -0.39 is 62.5 Å². The van der Waals surface area contributed by atoms with Crippen LogP contribution in [-0.2, 0) is 14.8 Å². The van der Waals surface area contributed by atoms with E-state index in [1.165, 1.54) is 36.4 Å². The molecule has 1 aliphatic heterocycles. The van der Waals surface area contributed by atoms with Crippen LogP contribution in [0.1, 0.15) is 15.9 Å². The minimum atomic E-state index is -4.98. The summed E-state index contributed by atoms with van der Waals surface area (Å²) in [5.74, 6) is -4.30. The number of Topliss-reactive ketones (excluding diaryl/α,β-unsaturated/α-hetero) is 1. The Bertz CT molecular complexity index is 1540. The molecular weight excluding hydrogens is 520 g/mol. The highest BCUT2D eigenvalue weighted by molar-refractivity contribution is 7.89. The number of nitrogens with one attached hydrogen (secondary N) is 1. The number of sulfonamides is 1. The van der Waals surface area contributed by atoms with Gasteiger partial charge in [0.15, 0.2) is 5.76 Å². The molecule has 1 heterocycles. The summed E-state index contributed by atoms with van der Waals surface area (Å²) in [5.41, 5.74) is -1.45. The summed E-state index contributed by atoms with van der Waals surface area (Å²) in [4.78, 5) is 25.6. The number of anilines is 1. The van der Waals surface area contributed by atoms with E-state index in [4.69, 9.17) is 0 Å². The lowest BCUT2D eigenvalue weighted by molar-refractivity contribution is -0.274. The average Bonchev–Trinajstić information content (AvgIpc) is 2.82. The topological polar surface area (TPSA) is 113 Å². The second-order valence-corrected chi connectivity index (χ2v) is 9.50. The number of amides is 1. The summed E-state index contributed by atoms with van der Waals surface area (Å²) in [6, 6.07) is 13.8. The van der Waals surface area contributed by atoms with Gasteiger partial charge in [-0.25, -0.2) is 17.1 Å². The van der Waals surface area contributed by atoms with Gasteiger partial charge in [0.1, 0.15) is 23.8 Å². The zero-order valence-electron chi connectivity index (χ0n) is 18.5. The van der Waals surface area contributed by atoms with E-state index in [0.717, 1.165) is 36.4 Å². The Morgan fingerprint density at radius 1 is 1.00 bits per heavy atom. The van der Waals surface area contributed by atoms with Crippen molar-refractivity contribution in [1.29, 1.82) is 0 Å². The molecule has 0 saturated carbocycles. The zero-order chi connectivity index (χ0) is 27.0. The smallest absolute Gasteiger partial charge is 0.505 e. The van der Waals surface area contributed by atoms with Gasteiger partial charge < -0.3 is 15.2 Å². The number of allylic oxidation sites excluding steroid dienone is 1. The van der Waals surface area contributed by atoms with Gasteiger partial charge in [0.05, 0.1) is 4.90 Å². The number of ketones is 1. The molecule has 0 fully saturated rings. The summed E-state index contributed by atoms with van der Waals surface area (Å²) in [6.07, 6.45) is -4.98. The Kier molecular flexibility index (Phi) is 6.65. The minimum absolute atomic E-state index is 0.159. The highest BCUT2D eigenvalue weighted by Crippen LogP contribution is 2.35. The van der Waals surface area contributed by atoms with Crippen LogP contribution in [0.4, 0.5) is 23.2 Å². The lowest BCUT2D eigenvalue weighted by Crippen LogP contribution is -2.43. The third-order valence-corrected chi connectivity index (χ3v) is 6.93. The molecule has 0 bridgehead atoms. The van der Waals surface area contributed by atoms with Gasteiger partial charge in [0.25, 0.3) is 10.0 Å². The zero-order valence-corrected chi connectivity index (χ0v) is 19.3. The molecule has 3 aromatic rings. The number of nitrogens with zero attached hydrogens (tertiary/aromatic N) is 1. The maximum Gasteiger partial charge on any atom is 0.573 e. The van der Waals surface area contributed by atoms with Crippen LogP contribution in [0.2, 0.25) is 0 Å². The molecule has 0 saturated heterocycles. The quantitative estimate of drug-likeness (QED) is 0.283. The second-order valence-electron chi connectivity index (χ2n) is 7.67. The normalized spacial score (nSPS) is 16.1. The van der Waals surface area contributed by atoms with E-state index in [9.17, 15) is 40.7 Å². The van der Waals surface area contributed by atoms with Crippen LogP contribution in [0.5, 0.6) is 5.75 Å². The number of hydrogen-bond donors (Lipinski definition) is 2. The maximum atomic E-state index is 13.8. The van der Waals surface area contributed by atoms with Gasteiger partial charge in [0, 0.05) is 22.9 Å².